The second-order valence-corrected chi connectivity index (χ2v) is 6.12. The van der Waals surface area contributed by atoms with Gasteiger partial charge in [0.05, 0.1) is 16.7 Å². The molecule has 0 saturated heterocycles. The third-order valence-corrected chi connectivity index (χ3v) is 4.32. The molecule has 22 heavy (non-hydrogen) atoms. The lowest BCUT2D eigenvalue weighted by molar-refractivity contribution is 0.317. The van der Waals surface area contributed by atoms with Gasteiger partial charge in [-0.15, -0.1) is 0 Å². The van der Waals surface area contributed by atoms with Crippen LogP contribution < -0.4 is 10.5 Å². The van der Waals surface area contributed by atoms with Crippen molar-refractivity contribution in [2.45, 2.75) is 25.7 Å². The molecule has 2 aromatic rings. The van der Waals surface area contributed by atoms with Crippen molar-refractivity contribution in [1.29, 1.82) is 0 Å². The third-order valence-electron chi connectivity index (χ3n) is 3.58. The Morgan fingerprint density at radius 3 is 2.36 bits per heavy atom. The summed E-state index contributed by atoms with van der Waals surface area (Å²) in [6, 6.07) is 13.9. The Labute approximate surface area is 142 Å². The minimum absolute atomic E-state index is 0.220. The van der Waals surface area contributed by atoms with Crippen molar-refractivity contribution in [2.75, 3.05) is 13.2 Å². The van der Waals surface area contributed by atoms with Crippen molar-refractivity contribution in [3.05, 3.63) is 63.6 Å². The van der Waals surface area contributed by atoms with E-state index in [1.54, 1.807) is 0 Å². The molecule has 0 amide bonds. The fourth-order valence-corrected chi connectivity index (χ4v) is 2.64. The minimum Gasteiger partial charge on any atom is -0.494 e. The van der Waals surface area contributed by atoms with Gasteiger partial charge in [0, 0.05) is 5.92 Å². The first-order chi connectivity index (χ1) is 10.6. The fourth-order valence-electron chi connectivity index (χ4n) is 2.33. The summed E-state index contributed by atoms with van der Waals surface area (Å²) in [5.74, 6) is 1.13. The standard InChI is InChI=1S/C18H21Cl2NO/c1-2-9-22-16-6-3-13(4-7-16)10-15(12-21)14-5-8-17(19)18(20)11-14/h3-8,11,15H,2,9-10,12,21H2,1H3. The van der Waals surface area contributed by atoms with Gasteiger partial charge < -0.3 is 10.5 Å². The van der Waals surface area contributed by atoms with Crippen LogP contribution in [-0.2, 0) is 6.42 Å². The molecule has 0 aliphatic rings. The predicted octanol–water partition coefficient (Wildman–Crippen LogP) is 5.07. The lowest BCUT2D eigenvalue weighted by atomic mass is 9.92. The zero-order valence-electron chi connectivity index (χ0n) is 12.7. The Kier molecular flexibility index (Phi) is 6.56. The molecule has 0 aliphatic carbocycles. The highest BCUT2D eigenvalue weighted by Gasteiger charge is 2.12. The van der Waals surface area contributed by atoms with Gasteiger partial charge in [0.25, 0.3) is 0 Å². The zero-order valence-corrected chi connectivity index (χ0v) is 14.2. The lowest BCUT2D eigenvalue weighted by Crippen LogP contribution is -2.15. The van der Waals surface area contributed by atoms with Gasteiger partial charge in [0.1, 0.15) is 5.75 Å². The molecule has 2 nitrogen and oxygen atoms in total. The molecule has 118 valence electrons. The summed E-state index contributed by atoms with van der Waals surface area (Å²) in [6.45, 7) is 3.40. The number of hydrogen-bond acceptors (Lipinski definition) is 2. The molecular weight excluding hydrogens is 317 g/mol. The molecular formula is C18H21Cl2NO. The van der Waals surface area contributed by atoms with Crippen molar-refractivity contribution in [2.24, 2.45) is 5.73 Å². The van der Waals surface area contributed by atoms with Crippen molar-refractivity contribution >= 4 is 23.2 Å². The summed E-state index contributed by atoms with van der Waals surface area (Å²) < 4.78 is 5.60. The number of halogens is 2. The SMILES string of the molecule is CCCOc1ccc(CC(CN)c2ccc(Cl)c(Cl)c2)cc1. The van der Waals surface area contributed by atoms with Crippen LogP contribution in [0.3, 0.4) is 0 Å². The number of benzene rings is 2. The van der Waals surface area contributed by atoms with Gasteiger partial charge in [-0.3, -0.25) is 0 Å². The maximum Gasteiger partial charge on any atom is 0.119 e. The highest BCUT2D eigenvalue weighted by molar-refractivity contribution is 6.42. The summed E-state index contributed by atoms with van der Waals surface area (Å²) in [7, 11) is 0. The molecule has 2 N–H and O–H groups in total. The average Bonchev–Trinajstić information content (AvgIpc) is 2.54. The third kappa shape index (κ3) is 4.64. The molecule has 0 aliphatic heterocycles. The summed E-state index contributed by atoms with van der Waals surface area (Å²) in [4.78, 5) is 0. The van der Waals surface area contributed by atoms with Crippen LogP contribution in [0.2, 0.25) is 10.0 Å². The topological polar surface area (TPSA) is 35.2 Å². The smallest absolute Gasteiger partial charge is 0.119 e. The van der Waals surface area contributed by atoms with Crippen LogP contribution in [0.15, 0.2) is 42.5 Å². The van der Waals surface area contributed by atoms with Crippen molar-refractivity contribution < 1.29 is 4.74 Å². The molecule has 0 bridgehead atoms. The second-order valence-electron chi connectivity index (χ2n) is 5.30. The molecule has 1 unspecified atom stereocenters. The molecule has 0 radical (unpaired) electrons. The number of hydrogen-bond donors (Lipinski definition) is 1. The first-order valence-corrected chi connectivity index (χ1v) is 8.26. The molecule has 0 fully saturated rings. The normalized spacial score (nSPS) is 12.2. The van der Waals surface area contributed by atoms with E-state index in [4.69, 9.17) is 33.7 Å². The highest BCUT2D eigenvalue weighted by Crippen LogP contribution is 2.28. The van der Waals surface area contributed by atoms with Crippen molar-refractivity contribution in [3.8, 4) is 5.75 Å². The zero-order chi connectivity index (χ0) is 15.9. The average molecular weight is 338 g/mol. The van der Waals surface area contributed by atoms with E-state index in [0.29, 0.717) is 16.6 Å². The predicted molar refractivity (Wildman–Crippen MR) is 94.2 cm³/mol. The van der Waals surface area contributed by atoms with Gasteiger partial charge in [-0.25, -0.2) is 0 Å². The summed E-state index contributed by atoms with van der Waals surface area (Å²) in [5, 5.41) is 1.14. The van der Waals surface area contributed by atoms with Crippen molar-refractivity contribution in [3.63, 3.8) is 0 Å². The van der Waals surface area contributed by atoms with E-state index in [1.807, 2.05) is 30.3 Å². The van der Waals surface area contributed by atoms with Gasteiger partial charge in [0.2, 0.25) is 0 Å². The highest BCUT2D eigenvalue weighted by atomic mass is 35.5. The van der Waals surface area contributed by atoms with E-state index < -0.39 is 0 Å². The lowest BCUT2D eigenvalue weighted by Gasteiger charge is -2.16. The summed E-state index contributed by atoms with van der Waals surface area (Å²) >= 11 is 12.1. The Balaban J connectivity index is 2.07. The van der Waals surface area contributed by atoms with Crippen LogP contribution in [0.4, 0.5) is 0 Å². The Hall–Kier alpha value is -1.22. The molecule has 4 heteroatoms. The fraction of sp³-hybridized carbons (Fsp3) is 0.333. The van der Waals surface area contributed by atoms with Crippen molar-refractivity contribution in [1.82, 2.24) is 0 Å². The molecule has 2 rings (SSSR count). The molecule has 2 aromatic carbocycles. The Bertz CT molecular complexity index is 599. The van der Waals surface area contributed by atoms with Gasteiger partial charge in [-0.05, 0) is 54.8 Å². The number of ether oxygens (including phenoxy) is 1. The van der Waals surface area contributed by atoms with Gasteiger partial charge in [-0.2, -0.15) is 0 Å². The maximum absolute atomic E-state index is 6.10. The largest absolute Gasteiger partial charge is 0.494 e. The van der Waals surface area contributed by atoms with E-state index in [0.717, 1.165) is 30.8 Å². The quantitative estimate of drug-likeness (QED) is 0.765. The van der Waals surface area contributed by atoms with E-state index in [2.05, 4.69) is 19.1 Å². The molecule has 1 atom stereocenters. The van der Waals surface area contributed by atoms with Crippen LogP contribution in [-0.4, -0.2) is 13.2 Å². The Morgan fingerprint density at radius 2 is 1.77 bits per heavy atom. The monoisotopic (exact) mass is 337 g/mol. The van der Waals surface area contributed by atoms with Crippen LogP contribution in [0.1, 0.15) is 30.4 Å². The van der Waals surface area contributed by atoms with E-state index in [1.165, 1.54) is 5.56 Å². The number of rotatable bonds is 7. The molecule has 0 heterocycles. The summed E-state index contributed by atoms with van der Waals surface area (Å²) in [6.07, 6.45) is 1.87. The Morgan fingerprint density at radius 1 is 1.05 bits per heavy atom. The molecule has 0 spiro atoms. The van der Waals surface area contributed by atoms with Crippen LogP contribution in [0, 0.1) is 0 Å². The maximum atomic E-state index is 6.10. The van der Waals surface area contributed by atoms with E-state index >= 15 is 0 Å². The minimum atomic E-state index is 0.220. The van der Waals surface area contributed by atoms with Crippen LogP contribution >= 0.6 is 23.2 Å². The number of nitrogens with two attached hydrogens (primary N) is 1. The van der Waals surface area contributed by atoms with Gasteiger partial charge >= 0.3 is 0 Å². The van der Waals surface area contributed by atoms with E-state index in [-0.39, 0.29) is 5.92 Å². The first-order valence-electron chi connectivity index (χ1n) is 7.50. The first kappa shape index (κ1) is 17.1. The van der Waals surface area contributed by atoms with E-state index in [9.17, 15) is 0 Å². The summed E-state index contributed by atoms with van der Waals surface area (Å²) in [5.41, 5.74) is 8.28. The molecule has 0 aromatic heterocycles. The van der Waals surface area contributed by atoms with Crippen LogP contribution in [0.25, 0.3) is 0 Å². The van der Waals surface area contributed by atoms with Gasteiger partial charge in [-0.1, -0.05) is 48.3 Å². The second kappa shape index (κ2) is 8.42. The van der Waals surface area contributed by atoms with Crippen LogP contribution in [0.5, 0.6) is 5.75 Å². The van der Waals surface area contributed by atoms with Gasteiger partial charge in [0.15, 0.2) is 0 Å². The molecule has 0 saturated carbocycles.